The number of pyridine rings is 1. The third-order valence-corrected chi connectivity index (χ3v) is 3.43. The Morgan fingerprint density at radius 2 is 1.91 bits per heavy atom. The summed E-state index contributed by atoms with van der Waals surface area (Å²) in [6.07, 6.45) is 3.44. The number of carbonyl (C=O) groups is 1. The van der Waals surface area contributed by atoms with Crippen LogP contribution in [0.4, 0.5) is 0 Å². The van der Waals surface area contributed by atoms with Gasteiger partial charge in [0.1, 0.15) is 0 Å². The molecule has 1 heterocycles. The minimum atomic E-state index is -0.0801. The number of aliphatic hydroxyl groups excluding tert-OH is 1. The van der Waals surface area contributed by atoms with Gasteiger partial charge in [-0.15, -0.1) is 0 Å². The van der Waals surface area contributed by atoms with Crippen LogP contribution >= 0.6 is 0 Å². The van der Waals surface area contributed by atoms with Crippen molar-refractivity contribution in [2.45, 2.75) is 13.1 Å². The second-order valence-electron chi connectivity index (χ2n) is 5.75. The van der Waals surface area contributed by atoms with Gasteiger partial charge in [-0.2, -0.15) is 0 Å². The van der Waals surface area contributed by atoms with E-state index in [1.54, 1.807) is 17.3 Å². The summed E-state index contributed by atoms with van der Waals surface area (Å²) < 4.78 is 0. The number of hydrogen-bond acceptors (Lipinski definition) is 4. The van der Waals surface area contributed by atoms with Crippen molar-refractivity contribution >= 4 is 5.91 Å². The van der Waals surface area contributed by atoms with Crippen LogP contribution < -0.4 is 0 Å². The summed E-state index contributed by atoms with van der Waals surface area (Å²) >= 11 is 0. The molecule has 0 saturated carbocycles. The first-order valence-corrected chi connectivity index (χ1v) is 7.63. The van der Waals surface area contributed by atoms with Gasteiger partial charge in [0.15, 0.2) is 0 Å². The maximum Gasteiger partial charge on any atom is 0.254 e. The van der Waals surface area contributed by atoms with Crippen LogP contribution in [0.15, 0.2) is 48.8 Å². The molecule has 5 heteroatoms. The zero-order chi connectivity index (χ0) is 16.7. The molecule has 0 spiro atoms. The van der Waals surface area contributed by atoms with Crippen molar-refractivity contribution in [3.8, 4) is 0 Å². The lowest BCUT2D eigenvalue weighted by Crippen LogP contribution is -2.33. The lowest BCUT2D eigenvalue weighted by Gasteiger charge is -2.22. The summed E-state index contributed by atoms with van der Waals surface area (Å²) in [7, 11) is 3.99. The quantitative estimate of drug-likeness (QED) is 0.846. The van der Waals surface area contributed by atoms with Gasteiger partial charge in [0.25, 0.3) is 5.91 Å². The summed E-state index contributed by atoms with van der Waals surface area (Å²) in [6, 6.07) is 11.4. The number of aromatic nitrogens is 1. The van der Waals surface area contributed by atoms with Gasteiger partial charge < -0.3 is 14.9 Å². The van der Waals surface area contributed by atoms with E-state index in [-0.39, 0.29) is 12.5 Å². The Morgan fingerprint density at radius 3 is 2.57 bits per heavy atom. The molecule has 2 rings (SSSR count). The first-order valence-electron chi connectivity index (χ1n) is 7.63. The van der Waals surface area contributed by atoms with Crippen molar-refractivity contribution < 1.29 is 9.90 Å². The highest BCUT2D eigenvalue weighted by molar-refractivity contribution is 5.94. The second-order valence-corrected chi connectivity index (χ2v) is 5.75. The summed E-state index contributed by atoms with van der Waals surface area (Å²) in [5.74, 6) is -0.0801. The molecule has 0 aliphatic rings. The average molecular weight is 313 g/mol. The van der Waals surface area contributed by atoms with Gasteiger partial charge in [-0.25, -0.2) is 0 Å². The highest BCUT2D eigenvalue weighted by Crippen LogP contribution is 2.12. The lowest BCUT2D eigenvalue weighted by molar-refractivity contribution is 0.0707. The number of carbonyl (C=O) groups excluding carboxylic acids is 1. The monoisotopic (exact) mass is 313 g/mol. The van der Waals surface area contributed by atoms with Gasteiger partial charge >= 0.3 is 0 Å². The topological polar surface area (TPSA) is 56.7 Å². The largest absolute Gasteiger partial charge is 0.395 e. The summed E-state index contributed by atoms with van der Waals surface area (Å²) in [5, 5.41) is 9.27. The molecular formula is C18H23N3O2. The molecule has 0 radical (unpaired) electrons. The molecule has 23 heavy (non-hydrogen) atoms. The summed E-state index contributed by atoms with van der Waals surface area (Å²) in [6.45, 7) is 1.45. The molecule has 5 nitrogen and oxygen atoms in total. The van der Waals surface area contributed by atoms with E-state index < -0.39 is 0 Å². The van der Waals surface area contributed by atoms with Crippen LogP contribution in [0, 0.1) is 0 Å². The van der Waals surface area contributed by atoms with E-state index in [9.17, 15) is 9.90 Å². The van der Waals surface area contributed by atoms with Crippen LogP contribution in [0.5, 0.6) is 0 Å². The van der Waals surface area contributed by atoms with Crippen LogP contribution in [-0.4, -0.2) is 53.0 Å². The zero-order valence-electron chi connectivity index (χ0n) is 13.6. The third kappa shape index (κ3) is 5.16. The van der Waals surface area contributed by atoms with E-state index in [1.165, 1.54) is 0 Å². The van der Waals surface area contributed by atoms with Gasteiger partial charge in [0.05, 0.1) is 6.61 Å². The maximum atomic E-state index is 12.8. The van der Waals surface area contributed by atoms with Crippen LogP contribution in [0.1, 0.15) is 21.5 Å². The van der Waals surface area contributed by atoms with E-state index >= 15 is 0 Å². The Bertz CT molecular complexity index is 629. The molecule has 122 valence electrons. The molecule has 0 unspecified atom stereocenters. The minimum Gasteiger partial charge on any atom is -0.395 e. The van der Waals surface area contributed by atoms with E-state index in [4.69, 9.17) is 0 Å². The molecule has 0 atom stereocenters. The van der Waals surface area contributed by atoms with E-state index in [0.29, 0.717) is 18.7 Å². The van der Waals surface area contributed by atoms with Gasteiger partial charge in [-0.3, -0.25) is 9.78 Å². The Labute approximate surface area is 137 Å². The van der Waals surface area contributed by atoms with Crippen molar-refractivity contribution in [2.24, 2.45) is 0 Å². The highest BCUT2D eigenvalue weighted by atomic mass is 16.3. The summed E-state index contributed by atoms with van der Waals surface area (Å²) in [4.78, 5) is 20.5. The van der Waals surface area contributed by atoms with Gasteiger partial charge in [-0.1, -0.05) is 18.2 Å². The normalized spacial score (nSPS) is 10.8. The van der Waals surface area contributed by atoms with Gasteiger partial charge in [-0.05, 0) is 43.4 Å². The molecule has 0 bridgehead atoms. The fourth-order valence-corrected chi connectivity index (χ4v) is 2.44. The molecule has 1 N–H and O–H groups in total. The van der Waals surface area contributed by atoms with E-state index in [1.807, 2.05) is 50.5 Å². The fourth-order valence-electron chi connectivity index (χ4n) is 2.44. The first-order chi connectivity index (χ1) is 11.1. The van der Waals surface area contributed by atoms with Crippen LogP contribution in [0.2, 0.25) is 0 Å². The number of hydrogen-bond donors (Lipinski definition) is 1. The van der Waals surface area contributed by atoms with Crippen LogP contribution in [0.25, 0.3) is 0 Å². The highest BCUT2D eigenvalue weighted by Gasteiger charge is 2.16. The first kappa shape index (κ1) is 17.1. The molecule has 1 amide bonds. The Hall–Kier alpha value is -2.24. The number of amides is 1. The van der Waals surface area contributed by atoms with Crippen LogP contribution in [-0.2, 0) is 13.1 Å². The van der Waals surface area contributed by atoms with E-state index in [0.717, 1.165) is 17.7 Å². The molecule has 1 aromatic carbocycles. The molecular weight excluding hydrogens is 290 g/mol. The van der Waals surface area contributed by atoms with Gasteiger partial charge in [0, 0.05) is 37.6 Å². The van der Waals surface area contributed by atoms with Crippen molar-refractivity contribution in [3.05, 3.63) is 65.5 Å². The van der Waals surface area contributed by atoms with Crippen molar-refractivity contribution in [1.82, 2.24) is 14.8 Å². The lowest BCUT2D eigenvalue weighted by atomic mass is 10.1. The standard InChI is InChI=1S/C18H23N3O2/c1-20(2)13-15-5-3-7-17(11-15)18(23)21(9-10-22)14-16-6-4-8-19-12-16/h3-8,11-12,22H,9-10,13-14H2,1-2H3. The van der Waals surface area contributed by atoms with Crippen molar-refractivity contribution in [1.29, 1.82) is 0 Å². The minimum absolute atomic E-state index is 0.0661. The fraction of sp³-hybridized carbons (Fsp3) is 0.333. The average Bonchev–Trinajstić information content (AvgIpc) is 2.54. The molecule has 0 aliphatic carbocycles. The van der Waals surface area contributed by atoms with Crippen LogP contribution in [0.3, 0.4) is 0 Å². The zero-order valence-corrected chi connectivity index (χ0v) is 13.6. The number of benzene rings is 1. The predicted octanol–water partition coefficient (Wildman–Crippen LogP) is 1.78. The Kier molecular flexibility index (Phi) is 6.26. The number of rotatable bonds is 7. The molecule has 2 aromatic rings. The Balaban J connectivity index is 2.17. The van der Waals surface area contributed by atoms with Crippen molar-refractivity contribution in [3.63, 3.8) is 0 Å². The molecule has 1 aromatic heterocycles. The van der Waals surface area contributed by atoms with Gasteiger partial charge in [0.2, 0.25) is 0 Å². The third-order valence-electron chi connectivity index (χ3n) is 3.43. The SMILES string of the molecule is CN(C)Cc1cccc(C(=O)N(CCO)Cc2cccnc2)c1. The predicted molar refractivity (Wildman–Crippen MR) is 89.9 cm³/mol. The summed E-state index contributed by atoms with van der Waals surface area (Å²) in [5.41, 5.74) is 2.67. The molecule has 0 aliphatic heterocycles. The van der Waals surface area contributed by atoms with E-state index in [2.05, 4.69) is 9.88 Å². The number of aliphatic hydroxyl groups is 1. The van der Waals surface area contributed by atoms with Crippen molar-refractivity contribution in [2.75, 3.05) is 27.2 Å². The smallest absolute Gasteiger partial charge is 0.254 e. The Morgan fingerprint density at radius 1 is 1.13 bits per heavy atom. The molecule has 0 saturated heterocycles. The second kappa shape index (κ2) is 8.41. The maximum absolute atomic E-state index is 12.8. The number of nitrogens with zero attached hydrogens (tertiary/aromatic N) is 3. The molecule has 0 fully saturated rings.